The summed E-state index contributed by atoms with van der Waals surface area (Å²) in [5.74, 6) is -0.260. The molecule has 4 rings (SSSR count). The van der Waals surface area contributed by atoms with Crippen molar-refractivity contribution in [2.24, 2.45) is 0 Å². The zero-order chi connectivity index (χ0) is 19.8. The van der Waals surface area contributed by atoms with Crippen LogP contribution in [0.5, 0.6) is 0 Å². The summed E-state index contributed by atoms with van der Waals surface area (Å²) < 4.78 is 2.47. The number of aromatic nitrogens is 2. The molecule has 0 saturated carbocycles. The molecule has 1 N–H and O–H groups in total. The minimum atomic E-state index is -0.631. The Morgan fingerprint density at radius 2 is 2.04 bits per heavy atom. The molecule has 0 aliphatic carbocycles. The molecule has 28 heavy (non-hydrogen) atoms. The van der Waals surface area contributed by atoms with Crippen molar-refractivity contribution in [1.82, 2.24) is 9.55 Å². The number of hydrogen-bond donors (Lipinski definition) is 1. The number of anilines is 1. The van der Waals surface area contributed by atoms with E-state index in [1.807, 2.05) is 50.2 Å². The van der Waals surface area contributed by atoms with Gasteiger partial charge in [-0.05, 0) is 43.2 Å². The van der Waals surface area contributed by atoms with Crippen LogP contribution in [0.4, 0.5) is 5.13 Å². The number of thiazole rings is 1. The molecule has 1 amide bonds. The van der Waals surface area contributed by atoms with Gasteiger partial charge in [-0.15, -0.1) is 0 Å². The van der Waals surface area contributed by atoms with E-state index in [-0.39, 0.29) is 11.5 Å². The van der Waals surface area contributed by atoms with Gasteiger partial charge in [0.05, 0.1) is 15.7 Å². The molecular weight excluding hydrogens is 394 g/mol. The molecule has 0 aliphatic rings. The predicted octanol–water partition coefficient (Wildman–Crippen LogP) is 5.16. The Labute approximate surface area is 170 Å². The van der Waals surface area contributed by atoms with Crippen molar-refractivity contribution >= 4 is 55.1 Å². The Bertz CT molecular complexity index is 1260. The molecule has 5 nitrogen and oxygen atoms in total. The summed E-state index contributed by atoms with van der Waals surface area (Å²) in [5.41, 5.74) is 2.24. The Morgan fingerprint density at radius 1 is 1.25 bits per heavy atom. The van der Waals surface area contributed by atoms with Crippen LogP contribution in [0.3, 0.4) is 0 Å². The largest absolute Gasteiger partial charge is 0.300 e. The van der Waals surface area contributed by atoms with Crippen LogP contribution in [0.15, 0.2) is 53.3 Å². The van der Waals surface area contributed by atoms with Gasteiger partial charge in [-0.25, -0.2) is 4.98 Å². The number of carbonyl (C=O) groups is 1. The van der Waals surface area contributed by atoms with Crippen LogP contribution < -0.4 is 10.9 Å². The SMILES string of the molecule is CCC(C(=O)Nc1nc2ccc(Cl)cc2s1)n1c(=O)cc(C)c2ccccc21. The van der Waals surface area contributed by atoms with Gasteiger partial charge in [-0.2, -0.15) is 0 Å². The van der Waals surface area contributed by atoms with E-state index >= 15 is 0 Å². The minimum absolute atomic E-state index is 0.186. The summed E-state index contributed by atoms with van der Waals surface area (Å²) in [7, 11) is 0. The minimum Gasteiger partial charge on any atom is -0.300 e. The summed E-state index contributed by atoms with van der Waals surface area (Å²) in [5, 5.41) is 4.95. The normalized spacial score (nSPS) is 12.4. The molecule has 2 aromatic heterocycles. The fourth-order valence-electron chi connectivity index (χ4n) is 3.42. The standard InChI is InChI=1S/C21H18ClN3O2S/c1-3-16(25-17-7-5-4-6-14(17)12(2)10-19(25)26)20(27)24-21-23-15-9-8-13(22)11-18(15)28-21/h4-11,16H,3H2,1-2H3,(H,23,24,27). The smallest absolute Gasteiger partial charge is 0.252 e. The van der Waals surface area contributed by atoms with Crippen molar-refractivity contribution in [2.45, 2.75) is 26.3 Å². The van der Waals surface area contributed by atoms with Gasteiger partial charge in [0.1, 0.15) is 6.04 Å². The number of para-hydroxylation sites is 1. The lowest BCUT2D eigenvalue weighted by Crippen LogP contribution is -2.33. The monoisotopic (exact) mass is 411 g/mol. The van der Waals surface area contributed by atoms with E-state index in [1.165, 1.54) is 11.3 Å². The van der Waals surface area contributed by atoms with Crippen molar-refractivity contribution in [3.05, 3.63) is 69.5 Å². The molecule has 0 fully saturated rings. The molecule has 1 atom stereocenters. The second kappa shape index (κ2) is 7.37. The molecule has 0 bridgehead atoms. The van der Waals surface area contributed by atoms with E-state index in [1.54, 1.807) is 16.7 Å². The van der Waals surface area contributed by atoms with E-state index in [0.717, 1.165) is 26.7 Å². The lowest BCUT2D eigenvalue weighted by atomic mass is 10.1. The van der Waals surface area contributed by atoms with E-state index < -0.39 is 6.04 Å². The second-order valence-electron chi connectivity index (χ2n) is 6.60. The highest BCUT2D eigenvalue weighted by Gasteiger charge is 2.23. The van der Waals surface area contributed by atoms with Crippen LogP contribution in [0.25, 0.3) is 21.1 Å². The number of benzene rings is 2. The molecule has 1 unspecified atom stereocenters. The summed E-state index contributed by atoms with van der Waals surface area (Å²) in [6, 6.07) is 14.0. The third-order valence-electron chi connectivity index (χ3n) is 4.75. The molecule has 4 aromatic rings. The maximum atomic E-state index is 13.0. The van der Waals surface area contributed by atoms with Gasteiger partial charge in [0.25, 0.3) is 5.56 Å². The first-order valence-corrected chi connectivity index (χ1v) is 10.1. The Morgan fingerprint density at radius 3 is 2.82 bits per heavy atom. The van der Waals surface area contributed by atoms with Gasteiger partial charge in [0.2, 0.25) is 5.91 Å². The Kier molecular flexibility index (Phi) is 4.91. The molecule has 7 heteroatoms. The quantitative estimate of drug-likeness (QED) is 0.504. The average Bonchev–Trinajstić information content (AvgIpc) is 3.06. The third-order valence-corrected chi connectivity index (χ3v) is 5.92. The van der Waals surface area contributed by atoms with Gasteiger partial charge in [-0.3, -0.25) is 14.2 Å². The van der Waals surface area contributed by atoms with Crippen molar-refractivity contribution < 1.29 is 4.79 Å². The number of carbonyl (C=O) groups excluding carboxylic acids is 1. The zero-order valence-electron chi connectivity index (χ0n) is 15.4. The number of aryl methyl sites for hydroxylation is 1. The van der Waals surface area contributed by atoms with Crippen molar-refractivity contribution in [3.63, 3.8) is 0 Å². The molecule has 0 aliphatic heterocycles. The van der Waals surface area contributed by atoms with Crippen molar-refractivity contribution in [2.75, 3.05) is 5.32 Å². The summed E-state index contributed by atoms with van der Waals surface area (Å²) in [4.78, 5) is 30.2. The highest BCUT2D eigenvalue weighted by molar-refractivity contribution is 7.22. The zero-order valence-corrected chi connectivity index (χ0v) is 17.0. The Balaban J connectivity index is 1.73. The molecule has 0 saturated heterocycles. The lowest BCUT2D eigenvalue weighted by molar-refractivity contribution is -0.119. The van der Waals surface area contributed by atoms with Crippen LogP contribution in [0, 0.1) is 6.92 Å². The molecular formula is C21H18ClN3O2S. The van der Waals surface area contributed by atoms with E-state index in [9.17, 15) is 9.59 Å². The molecule has 0 spiro atoms. The first kappa shape index (κ1) is 18.7. The van der Waals surface area contributed by atoms with Crippen LogP contribution in [-0.2, 0) is 4.79 Å². The molecule has 0 radical (unpaired) electrons. The van der Waals surface area contributed by atoms with E-state index in [2.05, 4.69) is 10.3 Å². The fraction of sp³-hybridized carbons (Fsp3) is 0.190. The average molecular weight is 412 g/mol. The number of hydrogen-bond acceptors (Lipinski definition) is 4. The lowest BCUT2D eigenvalue weighted by Gasteiger charge is -2.20. The first-order chi connectivity index (χ1) is 13.5. The number of nitrogens with one attached hydrogen (secondary N) is 1. The van der Waals surface area contributed by atoms with Gasteiger partial charge < -0.3 is 5.32 Å². The maximum absolute atomic E-state index is 13.0. The fourth-order valence-corrected chi connectivity index (χ4v) is 4.56. The maximum Gasteiger partial charge on any atom is 0.252 e. The number of nitrogens with zero attached hydrogens (tertiary/aromatic N) is 2. The van der Waals surface area contributed by atoms with Crippen LogP contribution in [-0.4, -0.2) is 15.5 Å². The predicted molar refractivity (Wildman–Crippen MR) is 116 cm³/mol. The van der Waals surface area contributed by atoms with Crippen molar-refractivity contribution in [1.29, 1.82) is 0 Å². The van der Waals surface area contributed by atoms with Gasteiger partial charge in [0.15, 0.2) is 5.13 Å². The van der Waals surface area contributed by atoms with Gasteiger partial charge in [-0.1, -0.05) is 48.1 Å². The highest BCUT2D eigenvalue weighted by Crippen LogP contribution is 2.29. The van der Waals surface area contributed by atoms with Gasteiger partial charge >= 0.3 is 0 Å². The van der Waals surface area contributed by atoms with Crippen LogP contribution in [0.1, 0.15) is 24.9 Å². The third kappa shape index (κ3) is 3.30. The summed E-state index contributed by atoms with van der Waals surface area (Å²) >= 11 is 7.38. The number of rotatable bonds is 4. The van der Waals surface area contributed by atoms with E-state index in [0.29, 0.717) is 16.6 Å². The number of pyridine rings is 1. The molecule has 142 valence electrons. The molecule has 2 heterocycles. The molecule has 2 aromatic carbocycles. The van der Waals surface area contributed by atoms with E-state index in [4.69, 9.17) is 11.6 Å². The number of amides is 1. The van der Waals surface area contributed by atoms with Gasteiger partial charge in [0, 0.05) is 16.5 Å². The topological polar surface area (TPSA) is 64.0 Å². The summed E-state index contributed by atoms with van der Waals surface area (Å²) in [6.45, 7) is 3.80. The van der Waals surface area contributed by atoms with Crippen LogP contribution >= 0.6 is 22.9 Å². The highest BCUT2D eigenvalue weighted by atomic mass is 35.5. The number of fused-ring (bicyclic) bond motifs is 2. The van der Waals surface area contributed by atoms with Crippen molar-refractivity contribution in [3.8, 4) is 0 Å². The Hall–Kier alpha value is -2.70. The van der Waals surface area contributed by atoms with Crippen LogP contribution in [0.2, 0.25) is 5.02 Å². The second-order valence-corrected chi connectivity index (χ2v) is 8.06. The number of halogens is 1. The summed E-state index contributed by atoms with van der Waals surface area (Å²) in [6.07, 6.45) is 0.482. The first-order valence-electron chi connectivity index (χ1n) is 8.95.